The molecule has 2 aromatic rings. The van der Waals surface area contributed by atoms with Crippen LogP contribution in [0.5, 0.6) is 5.75 Å². The van der Waals surface area contributed by atoms with Crippen molar-refractivity contribution in [1.82, 2.24) is 4.98 Å². The second kappa shape index (κ2) is 6.12. The summed E-state index contributed by atoms with van der Waals surface area (Å²) in [5, 5.41) is 13.3. The molecule has 0 aliphatic rings. The number of anilines is 1. The Labute approximate surface area is 118 Å². The number of hydrogen-bond acceptors (Lipinski definition) is 5. The van der Waals surface area contributed by atoms with Crippen LogP contribution in [0.15, 0.2) is 30.3 Å². The molecule has 0 saturated heterocycles. The van der Waals surface area contributed by atoms with E-state index >= 15 is 0 Å². The Kier molecular flexibility index (Phi) is 4.27. The molecule has 1 heterocycles. The zero-order valence-corrected chi connectivity index (χ0v) is 11.0. The van der Waals surface area contributed by atoms with Gasteiger partial charge in [0.2, 0.25) is 5.82 Å². The fourth-order valence-electron chi connectivity index (χ4n) is 1.62. The molecule has 21 heavy (non-hydrogen) atoms. The van der Waals surface area contributed by atoms with E-state index in [1.807, 2.05) is 0 Å². The summed E-state index contributed by atoms with van der Waals surface area (Å²) in [5.74, 6) is -1.97. The first-order valence-electron chi connectivity index (χ1n) is 5.91. The third kappa shape index (κ3) is 3.41. The van der Waals surface area contributed by atoms with E-state index in [2.05, 4.69) is 10.3 Å². The smallest absolute Gasteiger partial charge is 0.307 e. The van der Waals surface area contributed by atoms with Crippen LogP contribution >= 0.6 is 0 Å². The molecule has 0 saturated carbocycles. The molecule has 110 valence electrons. The predicted molar refractivity (Wildman–Crippen MR) is 71.1 cm³/mol. The Morgan fingerprint density at radius 2 is 2.10 bits per heavy atom. The fourth-order valence-corrected chi connectivity index (χ4v) is 1.62. The van der Waals surface area contributed by atoms with E-state index < -0.39 is 28.0 Å². The molecule has 0 amide bonds. The molecule has 8 heteroatoms. The van der Waals surface area contributed by atoms with Gasteiger partial charge < -0.3 is 10.1 Å². The highest BCUT2D eigenvalue weighted by atomic mass is 19.1. The quantitative estimate of drug-likeness (QED) is 0.678. The summed E-state index contributed by atoms with van der Waals surface area (Å²) in [6.45, 7) is -0.0936. The second-order valence-electron chi connectivity index (χ2n) is 4.04. The molecule has 0 spiro atoms. The Morgan fingerprint density at radius 3 is 2.76 bits per heavy atom. The molecule has 1 aromatic carbocycles. The van der Waals surface area contributed by atoms with Gasteiger partial charge in [-0.1, -0.05) is 6.07 Å². The molecule has 0 bridgehead atoms. The van der Waals surface area contributed by atoms with Gasteiger partial charge in [-0.2, -0.15) is 4.39 Å². The van der Waals surface area contributed by atoms with Gasteiger partial charge in [0.1, 0.15) is 12.4 Å². The molecule has 0 atom stereocenters. The Bertz CT molecular complexity index is 680. The molecule has 0 aliphatic carbocycles. The maximum atomic E-state index is 13.6. The summed E-state index contributed by atoms with van der Waals surface area (Å²) in [6.07, 6.45) is 0. The van der Waals surface area contributed by atoms with Crippen molar-refractivity contribution in [2.45, 2.75) is 6.61 Å². The lowest BCUT2D eigenvalue weighted by atomic mass is 10.2. The summed E-state index contributed by atoms with van der Waals surface area (Å²) in [7, 11) is 1.69. The minimum Gasteiger partial charge on any atom is -0.484 e. The topological polar surface area (TPSA) is 77.3 Å². The number of ether oxygens (including phenoxy) is 1. The zero-order chi connectivity index (χ0) is 15.4. The van der Waals surface area contributed by atoms with E-state index in [0.717, 1.165) is 0 Å². The number of hydrogen-bond donors (Lipinski definition) is 1. The van der Waals surface area contributed by atoms with Gasteiger partial charge in [-0.05, 0) is 12.1 Å². The average molecular weight is 295 g/mol. The van der Waals surface area contributed by atoms with Crippen molar-refractivity contribution in [3.8, 4) is 5.75 Å². The first-order valence-corrected chi connectivity index (χ1v) is 5.91. The molecule has 1 aromatic heterocycles. The van der Waals surface area contributed by atoms with Gasteiger partial charge in [0.25, 0.3) is 0 Å². The average Bonchev–Trinajstić information content (AvgIpc) is 2.47. The van der Waals surface area contributed by atoms with Gasteiger partial charge >= 0.3 is 5.69 Å². The number of halogens is 2. The number of benzene rings is 1. The Morgan fingerprint density at radius 1 is 1.33 bits per heavy atom. The van der Waals surface area contributed by atoms with Gasteiger partial charge in [0, 0.05) is 13.1 Å². The summed E-state index contributed by atoms with van der Waals surface area (Å²) >= 11 is 0. The van der Waals surface area contributed by atoms with Crippen LogP contribution in [0, 0.1) is 21.7 Å². The Balaban J connectivity index is 2.16. The minimum atomic E-state index is -1.16. The van der Waals surface area contributed by atoms with Crippen molar-refractivity contribution in [1.29, 1.82) is 0 Å². The number of aromatic nitrogens is 1. The third-order valence-electron chi connectivity index (χ3n) is 2.64. The minimum absolute atomic E-state index is 0.0936. The van der Waals surface area contributed by atoms with Crippen LogP contribution < -0.4 is 10.1 Å². The lowest BCUT2D eigenvalue weighted by Gasteiger charge is -2.08. The number of nitro groups is 1. The number of nitrogens with zero attached hydrogens (tertiary/aromatic N) is 2. The second-order valence-corrected chi connectivity index (χ2v) is 4.04. The van der Waals surface area contributed by atoms with E-state index in [1.54, 1.807) is 25.2 Å². The normalized spacial score (nSPS) is 10.2. The highest BCUT2D eigenvalue weighted by Gasteiger charge is 2.19. The molecule has 0 aliphatic heterocycles. The van der Waals surface area contributed by atoms with Crippen LogP contribution in [-0.4, -0.2) is 17.0 Å². The summed E-state index contributed by atoms with van der Waals surface area (Å²) in [5.41, 5.74) is -0.435. The van der Waals surface area contributed by atoms with Gasteiger partial charge in [-0.3, -0.25) is 10.1 Å². The van der Waals surface area contributed by atoms with Gasteiger partial charge in [0.15, 0.2) is 11.6 Å². The summed E-state index contributed by atoms with van der Waals surface area (Å²) in [4.78, 5) is 13.6. The lowest BCUT2D eigenvalue weighted by molar-refractivity contribution is -0.387. The fraction of sp³-hybridized carbons (Fsp3) is 0.154. The first kappa shape index (κ1) is 14.6. The highest BCUT2D eigenvalue weighted by Crippen LogP contribution is 2.26. The maximum Gasteiger partial charge on any atom is 0.307 e. The van der Waals surface area contributed by atoms with Crippen LogP contribution in [0.1, 0.15) is 5.69 Å². The number of nitrogens with one attached hydrogen (secondary N) is 1. The standard InChI is InChI=1S/C13H11F2N3O3/c1-16-13-4-2-3-8(17-13)7-21-12-6-9(14)11(18(19)20)5-10(12)15/h2-6H,7H2,1H3,(H,16,17). The van der Waals surface area contributed by atoms with Crippen molar-refractivity contribution in [3.63, 3.8) is 0 Å². The van der Waals surface area contributed by atoms with Crippen LogP contribution in [0.2, 0.25) is 0 Å². The number of rotatable bonds is 5. The number of nitro benzene ring substituents is 1. The number of pyridine rings is 1. The van der Waals surface area contributed by atoms with Gasteiger partial charge in [0.05, 0.1) is 16.7 Å². The molecule has 2 rings (SSSR count). The van der Waals surface area contributed by atoms with E-state index in [1.165, 1.54) is 0 Å². The van der Waals surface area contributed by atoms with Crippen LogP contribution in [-0.2, 0) is 6.61 Å². The van der Waals surface area contributed by atoms with Crippen molar-refractivity contribution in [2.24, 2.45) is 0 Å². The van der Waals surface area contributed by atoms with Crippen molar-refractivity contribution in [2.75, 3.05) is 12.4 Å². The molecule has 1 N–H and O–H groups in total. The molecular weight excluding hydrogens is 284 g/mol. The summed E-state index contributed by atoms with van der Waals surface area (Å²) in [6, 6.07) is 6.25. The molecule has 0 fully saturated rings. The Hall–Kier alpha value is -2.77. The highest BCUT2D eigenvalue weighted by molar-refractivity contribution is 5.39. The van der Waals surface area contributed by atoms with Crippen molar-refractivity contribution >= 4 is 11.5 Å². The van der Waals surface area contributed by atoms with E-state index in [9.17, 15) is 18.9 Å². The zero-order valence-electron chi connectivity index (χ0n) is 11.0. The van der Waals surface area contributed by atoms with E-state index in [0.29, 0.717) is 23.6 Å². The third-order valence-corrected chi connectivity index (χ3v) is 2.64. The molecular formula is C13H11F2N3O3. The predicted octanol–water partition coefficient (Wildman–Crippen LogP) is 2.89. The van der Waals surface area contributed by atoms with E-state index in [-0.39, 0.29) is 6.61 Å². The lowest BCUT2D eigenvalue weighted by Crippen LogP contribution is -2.03. The van der Waals surface area contributed by atoms with Crippen molar-refractivity contribution < 1.29 is 18.4 Å². The molecule has 6 nitrogen and oxygen atoms in total. The summed E-state index contributed by atoms with van der Waals surface area (Å²) < 4.78 is 32.1. The maximum absolute atomic E-state index is 13.6. The largest absolute Gasteiger partial charge is 0.484 e. The van der Waals surface area contributed by atoms with Gasteiger partial charge in [-0.15, -0.1) is 0 Å². The van der Waals surface area contributed by atoms with Gasteiger partial charge in [-0.25, -0.2) is 9.37 Å². The molecule has 0 unspecified atom stereocenters. The monoisotopic (exact) mass is 295 g/mol. The van der Waals surface area contributed by atoms with Crippen molar-refractivity contribution in [3.05, 3.63) is 57.8 Å². The van der Waals surface area contributed by atoms with E-state index in [4.69, 9.17) is 4.74 Å². The molecule has 0 radical (unpaired) electrons. The van der Waals surface area contributed by atoms with Crippen LogP contribution in [0.4, 0.5) is 20.3 Å². The van der Waals surface area contributed by atoms with Crippen LogP contribution in [0.3, 0.4) is 0 Å². The van der Waals surface area contributed by atoms with Crippen LogP contribution in [0.25, 0.3) is 0 Å². The SMILES string of the molecule is CNc1cccc(COc2cc(F)c([N+](=O)[O-])cc2F)n1. The first-order chi connectivity index (χ1) is 10.0.